The smallest absolute Gasteiger partial charge is 0.242 e. The summed E-state index contributed by atoms with van der Waals surface area (Å²) in [5.41, 5.74) is 9.01. The molecule has 3 aromatic rings. The van der Waals surface area contributed by atoms with E-state index in [1.807, 2.05) is 31.2 Å². The van der Waals surface area contributed by atoms with Crippen molar-refractivity contribution in [3.05, 3.63) is 36.7 Å². The Morgan fingerprint density at radius 2 is 2.04 bits per heavy atom. The molecule has 3 N–H and O–H groups in total. The average Bonchev–Trinajstić information content (AvgIpc) is 3.52. The molecule has 1 aliphatic rings. The molecule has 8 nitrogen and oxygen atoms in total. The molecule has 1 aliphatic carbocycles. The van der Waals surface area contributed by atoms with E-state index >= 15 is 0 Å². The number of thiol groups is 1. The Balaban J connectivity index is 1.61. The van der Waals surface area contributed by atoms with Gasteiger partial charge in [0, 0.05) is 30.1 Å². The summed E-state index contributed by atoms with van der Waals surface area (Å²) >= 11 is 5.45. The van der Waals surface area contributed by atoms with Crippen LogP contribution in [0.2, 0.25) is 0 Å². The number of rotatable bonds is 7. The number of hydrogen-bond donors (Lipinski definition) is 3. The van der Waals surface area contributed by atoms with E-state index < -0.39 is 0 Å². The van der Waals surface area contributed by atoms with E-state index in [9.17, 15) is 0 Å². The van der Waals surface area contributed by atoms with Gasteiger partial charge in [-0.25, -0.2) is 4.98 Å². The highest BCUT2D eigenvalue weighted by molar-refractivity contribution is 7.99. The van der Waals surface area contributed by atoms with Crippen molar-refractivity contribution in [3.63, 3.8) is 0 Å². The number of nitrogens with zero attached hydrogens (tertiary/aromatic N) is 5. The van der Waals surface area contributed by atoms with Gasteiger partial charge in [-0.05, 0) is 43.5 Å². The van der Waals surface area contributed by atoms with Crippen molar-refractivity contribution in [2.45, 2.75) is 36.2 Å². The molecule has 0 spiro atoms. The molecule has 144 valence electrons. The number of hydrogen-bond acceptors (Lipinski definition) is 10. The van der Waals surface area contributed by atoms with E-state index in [4.69, 9.17) is 9.92 Å². The lowest BCUT2D eigenvalue weighted by Crippen LogP contribution is -2.09. The first-order chi connectivity index (χ1) is 13.6. The minimum absolute atomic E-state index is 0.0632. The monoisotopic (exact) mass is 413 g/mol. The molecule has 10 heteroatoms. The predicted octanol–water partition coefficient (Wildman–Crippen LogP) is 3.19. The maximum atomic E-state index is 5.83. The third-order valence-corrected chi connectivity index (χ3v) is 5.11. The molecule has 0 aliphatic heterocycles. The van der Waals surface area contributed by atoms with E-state index in [1.54, 1.807) is 12.4 Å². The molecule has 1 unspecified atom stereocenters. The van der Waals surface area contributed by atoms with Crippen LogP contribution in [-0.2, 0) is 0 Å². The quantitative estimate of drug-likeness (QED) is 0.233. The molecule has 28 heavy (non-hydrogen) atoms. The van der Waals surface area contributed by atoms with Crippen LogP contribution >= 0.6 is 24.7 Å². The summed E-state index contributed by atoms with van der Waals surface area (Å²) < 4.78 is 5.28. The number of nitrogens with one attached hydrogen (secondary N) is 1. The molecule has 1 atom stereocenters. The molecule has 1 saturated carbocycles. The maximum absolute atomic E-state index is 5.83. The Hall–Kier alpha value is -2.43. The van der Waals surface area contributed by atoms with Crippen molar-refractivity contribution in [2.24, 2.45) is 5.73 Å². The van der Waals surface area contributed by atoms with Crippen LogP contribution in [-0.4, -0.2) is 36.8 Å². The Morgan fingerprint density at radius 3 is 2.71 bits per heavy atom. The first kappa shape index (κ1) is 18.9. The third kappa shape index (κ3) is 4.51. The van der Waals surface area contributed by atoms with Gasteiger partial charge in [-0.15, -0.1) is 15.3 Å². The zero-order valence-corrected chi connectivity index (χ0v) is 16.8. The maximum Gasteiger partial charge on any atom is 0.242 e. The van der Waals surface area contributed by atoms with Gasteiger partial charge in [0.25, 0.3) is 0 Å². The second kappa shape index (κ2) is 8.29. The van der Waals surface area contributed by atoms with Gasteiger partial charge < -0.3 is 15.2 Å². The van der Waals surface area contributed by atoms with Crippen molar-refractivity contribution in [3.8, 4) is 28.1 Å². The zero-order valence-electron chi connectivity index (χ0n) is 15.1. The molecule has 2 heterocycles. The van der Waals surface area contributed by atoms with Gasteiger partial charge in [-0.1, -0.05) is 17.8 Å². The van der Waals surface area contributed by atoms with Crippen molar-refractivity contribution < 1.29 is 4.18 Å². The number of anilines is 1. The SMILES string of the molecule is CC(N)Sc1cc(-c2ccc(-c3cnc(NC4CC4)nn3)c(OS)c2)cnn1. The second-order valence-corrected chi connectivity index (χ2v) is 8.07. The van der Waals surface area contributed by atoms with Crippen molar-refractivity contribution >= 4 is 30.6 Å². The summed E-state index contributed by atoms with van der Waals surface area (Å²) in [6.45, 7) is 1.90. The molecule has 2 aromatic heterocycles. The lowest BCUT2D eigenvalue weighted by atomic mass is 10.0. The van der Waals surface area contributed by atoms with Gasteiger partial charge >= 0.3 is 0 Å². The van der Waals surface area contributed by atoms with E-state index in [1.165, 1.54) is 11.8 Å². The summed E-state index contributed by atoms with van der Waals surface area (Å²) in [5, 5.41) is 20.5. The molecular formula is C18H19N7OS2. The van der Waals surface area contributed by atoms with Gasteiger partial charge in [0.05, 0.1) is 17.8 Å². The summed E-state index contributed by atoms with van der Waals surface area (Å²) in [6.07, 6.45) is 5.67. The standard InChI is InChI=1S/C18H19N7OS2/c1-10(19)28-17-7-12(8-21-24-17)11-2-5-14(16(6-11)26-27)15-9-20-18(25-23-15)22-13-3-4-13/h2,5-10,13,27H,3-4,19H2,1H3,(H,20,22,25). The highest BCUT2D eigenvalue weighted by atomic mass is 32.2. The minimum atomic E-state index is -0.0632. The van der Waals surface area contributed by atoms with Crippen LogP contribution in [0.25, 0.3) is 22.4 Å². The van der Waals surface area contributed by atoms with Gasteiger partial charge in [0.2, 0.25) is 5.95 Å². The first-order valence-corrected chi connectivity index (χ1v) is 10.0. The molecule has 0 amide bonds. The van der Waals surface area contributed by atoms with Crippen LogP contribution in [0.5, 0.6) is 5.75 Å². The van der Waals surface area contributed by atoms with Gasteiger partial charge in [0.15, 0.2) is 0 Å². The van der Waals surface area contributed by atoms with Crippen LogP contribution in [0.15, 0.2) is 41.7 Å². The summed E-state index contributed by atoms with van der Waals surface area (Å²) in [7, 11) is 0. The molecule has 1 aromatic carbocycles. The Labute approximate surface area is 172 Å². The second-order valence-electron chi connectivity index (χ2n) is 6.49. The lowest BCUT2D eigenvalue weighted by Gasteiger charge is -2.10. The van der Waals surface area contributed by atoms with E-state index in [-0.39, 0.29) is 5.37 Å². The number of thioether (sulfide) groups is 1. The Morgan fingerprint density at radius 1 is 1.18 bits per heavy atom. The number of aromatic nitrogens is 5. The van der Waals surface area contributed by atoms with Crippen LogP contribution in [0, 0.1) is 0 Å². The average molecular weight is 414 g/mol. The lowest BCUT2D eigenvalue weighted by molar-refractivity contribution is 0.660. The largest absolute Gasteiger partial charge is 0.428 e. The first-order valence-electron chi connectivity index (χ1n) is 8.80. The highest BCUT2D eigenvalue weighted by Gasteiger charge is 2.22. The van der Waals surface area contributed by atoms with Crippen LogP contribution in [0.1, 0.15) is 19.8 Å². The molecule has 1 fully saturated rings. The topological polar surface area (TPSA) is 112 Å². The molecule has 4 rings (SSSR count). The fourth-order valence-electron chi connectivity index (χ4n) is 2.62. The fraction of sp³-hybridized carbons (Fsp3) is 0.278. The van der Waals surface area contributed by atoms with E-state index in [2.05, 4.69) is 43.6 Å². The van der Waals surface area contributed by atoms with Gasteiger partial charge in [-0.3, -0.25) is 0 Å². The normalized spacial score (nSPS) is 14.5. The Bertz CT molecular complexity index is 964. The number of nitrogens with two attached hydrogens (primary N) is 1. The van der Waals surface area contributed by atoms with Crippen molar-refractivity contribution in [1.82, 2.24) is 25.4 Å². The summed E-state index contributed by atoms with van der Waals surface area (Å²) in [5.74, 6) is 1.09. The molecular weight excluding hydrogens is 394 g/mol. The van der Waals surface area contributed by atoms with Crippen LogP contribution in [0.3, 0.4) is 0 Å². The molecule has 0 saturated heterocycles. The van der Waals surface area contributed by atoms with Crippen LogP contribution in [0.4, 0.5) is 5.95 Å². The van der Waals surface area contributed by atoms with Crippen molar-refractivity contribution in [1.29, 1.82) is 0 Å². The molecule has 0 bridgehead atoms. The zero-order chi connectivity index (χ0) is 19.5. The van der Waals surface area contributed by atoms with Crippen molar-refractivity contribution in [2.75, 3.05) is 5.32 Å². The Kier molecular flexibility index (Phi) is 5.60. The van der Waals surface area contributed by atoms with Crippen LogP contribution < -0.4 is 15.2 Å². The fourth-order valence-corrected chi connectivity index (χ4v) is 3.44. The highest BCUT2D eigenvalue weighted by Crippen LogP contribution is 2.34. The summed E-state index contributed by atoms with van der Waals surface area (Å²) in [6, 6.07) is 8.15. The third-order valence-electron chi connectivity index (χ3n) is 4.10. The molecule has 0 radical (unpaired) electrons. The van der Waals surface area contributed by atoms with Gasteiger partial charge in [-0.2, -0.15) is 5.10 Å². The van der Waals surface area contributed by atoms with Gasteiger partial charge in [0.1, 0.15) is 16.5 Å². The minimum Gasteiger partial charge on any atom is -0.428 e. The predicted molar refractivity (Wildman–Crippen MR) is 112 cm³/mol. The number of benzene rings is 1. The van der Waals surface area contributed by atoms with E-state index in [0.717, 1.165) is 34.6 Å². The van der Waals surface area contributed by atoms with E-state index in [0.29, 0.717) is 23.4 Å². The summed E-state index contributed by atoms with van der Waals surface area (Å²) in [4.78, 5) is 4.33.